The van der Waals surface area contributed by atoms with E-state index in [0.717, 1.165) is 4.90 Å². The summed E-state index contributed by atoms with van der Waals surface area (Å²) in [6.07, 6.45) is 1.36. The van der Waals surface area contributed by atoms with Crippen LogP contribution in [0.1, 0.15) is 22.3 Å². The number of carbonyl (C=O) groups is 4. The van der Waals surface area contributed by atoms with Gasteiger partial charge in [-0.2, -0.15) is 0 Å². The summed E-state index contributed by atoms with van der Waals surface area (Å²) < 4.78 is 14.3. The van der Waals surface area contributed by atoms with Gasteiger partial charge >= 0.3 is 0 Å². The van der Waals surface area contributed by atoms with Crippen molar-refractivity contribution in [3.05, 3.63) is 132 Å². The third-order valence-corrected chi connectivity index (χ3v) is 7.44. The Morgan fingerprint density at radius 3 is 2.15 bits per heavy atom. The highest BCUT2D eigenvalue weighted by Crippen LogP contribution is 2.34. The average Bonchev–Trinajstić information content (AvgIpc) is 3.27. The minimum atomic E-state index is -0.645. The number of carbonyl (C=O) groups excluding carboxylic acids is 4. The lowest BCUT2D eigenvalue weighted by Crippen LogP contribution is -2.31. The topological polar surface area (TPSA) is 95.6 Å². The van der Waals surface area contributed by atoms with Gasteiger partial charge in [0.15, 0.2) is 0 Å². The summed E-state index contributed by atoms with van der Waals surface area (Å²) in [5.74, 6) is -2.24. The summed E-state index contributed by atoms with van der Waals surface area (Å²) in [6.45, 7) is 0. The predicted molar refractivity (Wildman–Crippen MR) is 157 cm³/mol. The summed E-state index contributed by atoms with van der Waals surface area (Å²) in [5, 5.41) is 4.74. The van der Waals surface area contributed by atoms with E-state index in [2.05, 4.69) is 10.6 Å². The molecular weight excluding hydrogens is 541 g/mol. The van der Waals surface area contributed by atoms with Crippen LogP contribution in [0.15, 0.2) is 120 Å². The number of hydrogen-bond donors (Lipinski definition) is 2. The molecule has 204 valence electrons. The summed E-state index contributed by atoms with van der Waals surface area (Å²) in [4.78, 5) is 53.4. The Labute approximate surface area is 240 Å². The maximum absolute atomic E-state index is 14.3. The van der Waals surface area contributed by atoms with Gasteiger partial charge in [0.05, 0.1) is 10.9 Å². The third-order valence-electron chi connectivity index (χ3n) is 6.24. The van der Waals surface area contributed by atoms with Crippen molar-refractivity contribution in [1.29, 1.82) is 0 Å². The Kier molecular flexibility index (Phi) is 8.36. The van der Waals surface area contributed by atoms with Crippen LogP contribution < -0.4 is 15.5 Å². The summed E-state index contributed by atoms with van der Waals surface area (Å²) in [7, 11) is 0. The molecule has 7 nitrogen and oxygen atoms in total. The van der Waals surface area contributed by atoms with E-state index in [9.17, 15) is 23.6 Å². The lowest BCUT2D eigenvalue weighted by atomic mass is 10.1. The van der Waals surface area contributed by atoms with Crippen molar-refractivity contribution in [1.82, 2.24) is 5.32 Å². The number of nitrogens with one attached hydrogen (secondary N) is 2. The van der Waals surface area contributed by atoms with Gasteiger partial charge in [0.1, 0.15) is 11.5 Å². The molecule has 0 radical (unpaired) electrons. The molecule has 1 fully saturated rings. The number of benzene rings is 4. The number of imide groups is 1. The van der Waals surface area contributed by atoms with Crippen molar-refractivity contribution >= 4 is 52.8 Å². The predicted octanol–water partition coefficient (Wildman–Crippen LogP) is 5.66. The van der Waals surface area contributed by atoms with Gasteiger partial charge in [0.25, 0.3) is 11.8 Å². The quantitative estimate of drug-likeness (QED) is 0.212. The van der Waals surface area contributed by atoms with Gasteiger partial charge in [-0.3, -0.25) is 19.2 Å². The minimum Gasteiger partial charge on any atom is -0.321 e. The van der Waals surface area contributed by atoms with Crippen molar-refractivity contribution < 1.29 is 23.6 Å². The molecule has 1 aliphatic rings. The Hall–Kier alpha value is -5.02. The van der Waals surface area contributed by atoms with Crippen molar-refractivity contribution in [2.45, 2.75) is 16.6 Å². The molecular formula is C32H24FN3O4S. The normalized spacial score (nSPS) is 15.1. The summed E-state index contributed by atoms with van der Waals surface area (Å²) in [6, 6.07) is 29.8. The summed E-state index contributed by atoms with van der Waals surface area (Å²) >= 11 is 1.27. The Morgan fingerprint density at radius 1 is 0.829 bits per heavy atom. The molecule has 0 spiro atoms. The molecule has 1 unspecified atom stereocenters. The van der Waals surface area contributed by atoms with Gasteiger partial charge in [-0.15, -0.1) is 11.8 Å². The number of rotatable bonds is 8. The molecule has 4 amide bonds. The van der Waals surface area contributed by atoms with Crippen molar-refractivity contribution in [2.75, 3.05) is 10.2 Å². The molecule has 4 aromatic carbocycles. The van der Waals surface area contributed by atoms with Gasteiger partial charge in [-0.05, 0) is 60.7 Å². The molecule has 0 bridgehead atoms. The molecule has 0 saturated carbocycles. The lowest BCUT2D eigenvalue weighted by Gasteiger charge is -2.15. The second-order valence-corrected chi connectivity index (χ2v) is 10.4. The van der Waals surface area contributed by atoms with E-state index >= 15 is 0 Å². The molecule has 1 atom stereocenters. The van der Waals surface area contributed by atoms with Crippen molar-refractivity contribution in [3.63, 3.8) is 0 Å². The Bertz CT molecular complexity index is 1630. The van der Waals surface area contributed by atoms with E-state index in [1.165, 1.54) is 40.9 Å². The van der Waals surface area contributed by atoms with Gasteiger partial charge in [-0.1, -0.05) is 54.6 Å². The smallest absolute Gasteiger partial charge is 0.272 e. The first-order valence-electron chi connectivity index (χ1n) is 12.7. The van der Waals surface area contributed by atoms with Crippen LogP contribution in [0, 0.1) is 5.82 Å². The number of hydrogen-bond acceptors (Lipinski definition) is 5. The highest BCUT2D eigenvalue weighted by atomic mass is 32.2. The van der Waals surface area contributed by atoms with Crippen LogP contribution >= 0.6 is 11.8 Å². The summed E-state index contributed by atoms with van der Waals surface area (Å²) in [5.41, 5.74) is 1.30. The van der Waals surface area contributed by atoms with Gasteiger partial charge in [-0.25, -0.2) is 9.29 Å². The van der Waals surface area contributed by atoms with Crippen LogP contribution in [0.2, 0.25) is 0 Å². The molecule has 5 rings (SSSR count). The molecule has 0 aliphatic carbocycles. The highest BCUT2D eigenvalue weighted by molar-refractivity contribution is 8.00. The lowest BCUT2D eigenvalue weighted by molar-refractivity contribution is -0.121. The maximum atomic E-state index is 14.3. The van der Waals surface area contributed by atoms with E-state index in [-0.39, 0.29) is 29.5 Å². The Morgan fingerprint density at radius 2 is 1.46 bits per heavy atom. The average molecular weight is 566 g/mol. The van der Waals surface area contributed by atoms with E-state index in [0.29, 0.717) is 16.9 Å². The SMILES string of the molecule is O=C(Nc1ccc(SC2CC(=O)N(c3ccccc3)C2=O)cc1)/C(=C/c1ccccc1F)NC(=O)c1ccccc1. The first kappa shape index (κ1) is 27.5. The van der Waals surface area contributed by atoms with E-state index in [4.69, 9.17) is 0 Å². The fraction of sp³-hybridized carbons (Fsp3) is 0.0625. The van der Waals surface area contributed by atoms with Gasteiger partial charge in [0.2, 0.25) is 11.8 Å². The zero-order chi connectivity index (χ0) is 28.8. The van der Waals surface area contributed by atoms with Crippen LogP contribution in [0.25, 0.3) is 6.08 Å². The highest BCUT2D eigenvalue weighted by Gasteiger charge is 2.40. The number of halogens is 1. The fourth-order valence-electron chi connectivity index (χ4n) is 4.21. The van der Waals surface area contributed by atoms with Crippen LogP contribution in [-0.2, 0) is 14.4 Å². The first-order valence-corrected chi connectivity index (χ1v) is 13.6. The molecule has 1 aliphatic heterocycles. The van der Waals surface area contributed by atoms with Crippen LogP contribution in [0.4, 0.5) is 15.8 Å². The van der Waals surface area contributed by atoms with E-state index < -0.39 is 22.9 Å². The molecule has 1 heterocycles. The number of nitrogens with zero attached hydrogens (tertiary/aromatic N) is 1. The van der Waals surface area contributed by atoms with E-state index in [1.807, 2.05) is 6.07 Å². The zero-order valence-electron chi connectivity index (χ0n) is 21.6. The number of para-hydroxylation sites is 1. The van der Waals surface area contributed by atoms with Gasteiger partial charge in [0, 0.05) is 28.1 Å². The second kappa shape index (κ2) is 12.4. The van der Waals surface area contributed by atoms with Crippen LogP contribution in [0.3, 0.4) is 0 Å². The third kappa shape index (κ3) is 6.59. The number of thioether (sulfide) groups is 1. The standard InChI is InChI=1S/C32H24FN3O4S/c33-26-14-8-7-11-22(26)19-27(35-30(38)21-9-3-1-4-10-21)31(39)34-23-15-17-25(18-16-23)41-28-20-29(37)36(32(28)40)24-12-5-2-6-13-24/h1-19,28H,20H2,(H,34,39)(H,35,38)/b27-19-. The molecule has 9 heteroatoms. The fourth-order valence-corrected chi connectivity index (χ4v) is 5.27. The molecule has 2 N–H and O–H groups in total. The molecule has 1 saturated heterocycles. The monoisotopic (exact) mass is 565 g/mol. The van der Waals surface area contributed by atoms with Crippen LogP contribution in [-0.4, -0.2) is 28.9 Å². The Balaban J connectivity index is 1.29. The molecule has 4 aromatic rings. The van der Waals surface area contributed by atoms with Crippen molar-refractivity contribution in [2.24, 2.45) is 0 Å². The second-order valence-electron chi connectivity index (χ2n) is 9.09. The molecule has 41 heavy (non-hydrogen) atoms. The largest absolute Gasteiger partial charge is 0.321 e. The first-order chi connectivity index (χ1) is 19.9. The van der Waals surface area contributed by atoms with Gasteiger partial charge < -0.3 is 10.6 Å². The minimum absolute atomic E-state index is 0.0855. The van der Waals surface area contributed by atoms with Crippen LogP contribution in [0.5, 0.6) is 0 Å². The molecule has 0 aromatic heterocycles. The zero-order valence-corrected chi connectivity index (χ0v) is 22.4. The maximum Gasteiger partial charge on any atom is 0.272 e. The number of anilines is 2. The number of amides is 4. The van der Waals surface area contributed by atoms with Crippen molar-refractivity contribution in [3.8, 4) is 0 Å². The van der Waals surface area contributed by atoms with E-state index in [1.54, 1.807) is 84.9 Å².